The Morgan fingerprint density at radius 3 is 2.02 bits per heavy atom. The molecular weight excluding hydrogens is 641 g/mol. The maximum Gasteiger partial charge on any atom is 0.310 e. The van der Waals surface area contributed by atoms with E-state index in [-0.39, 0.29) is 45.1 Å². The minimum atomic E-state index is -0.584. The Hall–Kier alpha value is -1.58. The van der Waals surface area contributed by atoms with Gasteiger partial charge in [-0.25, -0.2) is 0 Å². The normalized spacial score (nSPS) is 37.7. The number of hydrogen-bond acceptors (Lipinski definition) is 3. The van der Waals surface area contributed by atoms with E-state index in [2.05, 4.69) is 73.6 Å². The first-order valence-electron chi connectivity index (χ1n) is 22.4. The van der Waals surface area contributed by atoms with Gasteiger partial charge in [0.05, 0.1) is 5.41 Å². The number of rotatable bonds is 17. The van der Waals surface area contributed by atoms with Gasteiger partial charge in [0.1, 0.15) is 6.10 Å². The van der Waals surface area contributed by atoms with Gasteiger partial charge in [-0.3, -0.25) is 9.59 Å². The molecule has 0 bridgehead atoms. The highest BCUT2D eigenvalue weighted by molar-refractivity contribution is 5.76. The van der Waals surface area contributed by atoms with E-state index >= 15 is 0 Å². The fourth-order valence-electron chi connectivity index (χ4n) is 13.4. The standard InChI is InChI=1S/C48H80O4/c1-9-10-11-12-13-14-15-16-17-18-19-20-21-22-23-24-41(49)52-40-28-29-45(6)38(44(40,4)5)27-30-47(8)39(45)26-25-36-37-35-43(2,3)31-33-48(37,42(50)51)34-32-46(36,47)7/h16-17,25,37-40H,9-15,18-24,26-35H2,1-8H3,(H,50,51)/b17-16-/t37-,38-,39+,40-,45-,46+,47+,48-/m0/s1. The summed E-state index contributed by atoms with van der Waals surface area (Å²) in [6.07, 6.45) is 34.4. The van der Waals surface area contributed by atoms with Gasteiger partial charge in [0.25, 0.3) is 0 Å². The highest BCUT2D eigenvalue weighted by Gasteiger charge is 2.69. The number of esters is 1. The first kappa shape index (κ1) is 41.6. The molecule has 1 N–H and O–H groups in total. The average Bonchev–Trinajstić information content (AvgIpc) is 3.07. The van der Waals surface area contributed by atoms with Crippen molar-refractivity contribution in [1.29, 1.82) is 0 Å². The van der Waals surface area contributed by atoms with Crippen molar-refractivity contribution >= 4 is 11.9 Å². The third-order valence-electron chi connectivity index (χ3n) is 16.9. The maximum atomic E-state index is 13.2. The van der Waals surface area contributed by atoms with Crippen molar-refractivity contribution in [3.8, 4) is 0 Å². The Labute approximate surface area is 320 Å². The minimum absolute atomic E-state index is 0.00817. The van der Waals surface area contributed by atoms with Crippen molar-refractivity contribution < 1.29 is 19.4 Å². The lowest BCUT2D eigenvalue weighted by Crippen LogP contribution is -2.65. The summed E-state index contributed by atoms with van der Waals surface area (Å²) >= 11 is 0. The van der Waals surface area contributed by atoms with E-state index in [0.717, 1.165) is 64.2 Å². The number of carbonyl (C=O) groups excluding carboxylic acids is 1. The molecule has 52 heavy (non-hydrogen) atoms. The molecule has 5 aliphatic carbocycles. The van der Waals surface area contributed by atoms with Gasteiger partial charge in [0.15, 0.2) is 0 Å². The summed E-state index contributed by atoms with van der Waals surface area (Å²) in [4.78, 5) is 26.2. The fraction of sp³-hybridized carbons (Fsp3) is 0.875. The van der Waals surface area contributed by atoms with Gasteiger partial charge in [0, 0.05) is 11.8 Å². The molecule has 4 fully saturated rings. The number of carboxylic acid groups (broad SMARTS) is 1. The second-order valence-corrected chi connectivity index (χ2v) is 20.8. The van der Waals surface area contributed by atoms with Crippen LogP contribution in [0.5, 0.6) is 0 Å². The zero-order chi connectivity index (χ0) is 37.8. The zero-order valence-corrected chi connectivity index (χ0v) is 35.2. The first-order chi connectivity index (χ1) is 24.6. The van der Waals surface area contributed by atoms with Gasteiger partial charge < -0.3 is 9.84 Å². The molecule has 0 unspecified atom stereocenters. The van der Waals surface area contributed by atoms with E-state index in [4.69, 9.17) is 4.74 Å². The lowest BCUT2D eigenvalue weighted by molar-refractivity contribution is -0.214. The number of aliphatic carboxylic acids is 1. The lowest BCUT2D eigenvalue weighted by atomic mass is 9.33. The molecule has 0 aromatic heterocycles. The molecule has 5 aliphatic rings. The van der Waals surface area contributed by atoms with Crippen LogP contribution < -0.4 is 0 Å². The Balaban J connectivity index is 1.11. The van der Waals surface area contributed by atoms with Crippen LogP contribution in [0.1, 0.15) is 209 Å². The maximum absolute atomic E-state index is 13.2. The summed E-state index contributed by atoms with van der Waals surface area (Å²) in [5.74, 6) is 0.693. The molecule has 0 saturated heterocycles. The zero-order valence-electron chi connectivity index (χ0n) is 35.2. The van der Waals surface area contributed by atoms with Crippen molar-refractivity contribution in [3.05, 3.63) is 23.8 Å². The van der Waals surface area contributed by atoms with Crippen LogP contribution in [-0.2, 0) is 14.3 Å². The van der Waals surface area contributed by atoms with E-state index in [1.54, 1.807) is 0 Å². The van der Waals surface area contributed by atoms with Crippen molar-refractivity contribution in [2.24, 2.45) is 50.2 Å². The Morgan fingerprint density at radius 1 is 0.750 bits per heavy atom. The molecule has 0 aliphatic heterocycles. The third kappa shape index (κ3) is 8.03. The van der Waals surface area contributed by atoms with Crippen LogP contribution in [0.3, 0.4) is 0 Å². The summed E-state index contributed by atoms with van der Waals surface area (Å²) in [6, 6.07) is 0. The van der Waals surface area contributed by atoms with Crippen LogP contribution in [0.25, 0.3) is 0 Å². The molecule has 0 aromatic rings. The van der Waals surface area contributed by atoms with Gasteiger partial charge in [0.2, 0.25) is 0 Å². The molecule has 4 saturated carbocycles. The van der Waals surface area contributed by atoms with E-state index < -0.39 is 11.4 Å². The smallest absolute Gasteiger partial charge is 0.310 e. The fourth-order valence-corrected chi connectivity index (χ4v) is 13.4. The van der Waals surface area contributed by atoms with Gasteiger partial charge in [-0.2, -0.15) is 0 Å². The minimum Gasteiger partial charge on any atom is -0.481 e. The predicted molar refractivity (Wildman–Crippen MR) is 216 cm³/mol. The van der Waals surface area contributed by atoms with Gasteiger partial charge in [-0.1, -0.05) is 131 Å². The van der Waals surface area contributed by atoms with Crippen LogP contribution in [0.4, 0.5) is 0 Å². The largest absolute Gasteiger partial charge is 0.481 e. The second-order valence-electron chi connectivity index (χ2n) is 20.8. The number of hydrogen-bond donors (Lipinski definition) is 1. The number of fused-ring (bicyclic) bond motifs is 7. The topological polar surface area (TPSA) is 63.6 Å². The quantitative estimate of drug-likeness (QED) is 0.0923. The van der Waals surface area contributed by atoms with Gasteiger partial charge in [-0.15, -0.1) is 0 Å². The molecule has 5 rings (SSSR count). The van der Waals surface area contributed by atoms with Crippen LogP contribution >= 0.6 is 0 Å². The first-order valence-corrected chi connectivity index (χ1v) is 22.4. The van der Waals surface area contributed by atoms with Crippen LogP contribution in [0.2, 0.25) is 0 Å². The number of ether oxygens (including phenoxy) is 1. The third-order valence-corrected chi connectivity index (χ3v) is 16.9. The van der Waals surface area contributed by atoms with Crippen LogP contribution in [0, 0.1) is 50.2 Å². The molecule has 4 nitrogen and oxygen atoms in total. The number of unbranched alkanes of at least 4 members (excludes halogenated alkanes) is 11. The number of allylic oxidation sites excluding steroid dienone is 4. The van der Waals surface area contributed by atoms with Crippen molar-refractivity contribution in [2.45, 2.75) is 216 Å². The van der Waals surface area contributed by atoms with Gasteiger partial charge >= 0.3 is 11.9 Å². The molecule has 0 spiro atoms. The Morgan fingerprint density at radius 2 is 1.37 bits per heavy atom. The van der Waals surface area contributed by atoms with E-state index in [1.165, 1.54) is 89.0 Å². The second kappa shape index (κ2) is 16.6. The van der Waals surface area contributed by atoms with E-state index in [0.29, 0.717) is 18.3 Å². The average molecular weight is 721 g/mol. The van der Waals surface area contributed by atoms with Crippen molar-refractivity contribution in [2.75, 3.05) is 0 Å². The van der Waals surface area contributed by atoms with E-state index in [1.807, 2.05) is 0 Å². The van der Waals surface area contributed by atoms with Gasteiger partial charge in [-0.05, 0) is 136 Å². The number of carboxylic acids is 1. The van der Waals surface area contributed by atoms with Crippen LogP contribution in [-0.4, -0.2) is 23.1 Å². The highest BCUT2D eigenvalue weighted by atomic mass is 16.5. The summed E-state index contributed by atoms with van der Waals surface area (Å²) in [7, 11) is 0. The number of carbonyl (C=O) groups is 2. The highest BCUT2D eigenvalue weighted by Crippen LogP contribution is 2.75. The molecule has 0 radical (unpaired) electrons. The Kier molecular flexibility index (Phi) is 13.3. The summed E-state index contributed by atoms with van der Waals surface area (Å²) < 4.78 is 6.38. The van der Waals surface area contributed by atoms with E-state index in [9.17, 15) is 14.7 Å². The summed E-state index contributed by atoms with van der Waals surface area (Å²) in [6.45, 7) is 19.5. The Bertz CT molecular complexity index is 1290. The summed E-state index contributed by atoms with van der Waals surface area (Å²) in [5, 5.41) is 10.7. The molecule has 8 atom stereocenters. The SMILES string of the molecule is CCCCCCCC/C=C\CCCCCCCC(=O)O[C@H]1CC[C@]2(C)[C@H]3CC=C4[C@@H]5CC(C)(C)CC[C@]5(C(=O)O)CC[C@@]4(C)[C@]3(C)CC[C@H]2C1(C)C. The molecule has 0 aromatic carbocycles. The monoisotopic (exact) mass is 721 g/mol. The van der Waals surface area contributed by atoms with Crippen LogP contribution in [0.15, 0.2) is 23.8 Å². The van der Waals surface area contributed by atoms with Crippen molar-refractivity contribution in [1.82, 2.24) is 0 Å². The molecule has 4 heteroatoms. The molecule has 0 amide bonds. The summed E-state index contributed by atoms with van der Waals surface area (Å²) in [5.41, 5.74) is 1.42. The predicted octanol–water partition coefficient (Wildman–Crippen LogP) is 13.8. The molecule has 296 valence electrons. The molecule has 0 heterocycles. The van der Waals surface area contributed by atoms with Crippen molar-refractivity contribution in [3.63, 3.8) is 0 Å². The lowest BCUT2D eigenvalue weighted by Gasteiger charge is -2.71. The molecular formula is C48H80O4.